The van der Waals surface area contributed by atoms with Gasteiger partial charge in [0.2, 0.25) is 0 Å². The summed E-state index contributed by atoms with van der Waals surface area (Å²) in [5.41, 5.74) is 0.232. The molecule has 1 heteroatoms. The summed E-state index contributed by atoms with van der Waals surface area (Å²) >= 11 is 0. The van der Waals surface area contributed by atoms with E-state index < -0.39 is 158 Å². The predicted molar refractivity (Wildman–Crippen MR) is 192 cm³/mol. The third-order valence-corrected chi connectivity index (χ3v) is 8.17. The van der Waals surface area contributed by atoms with Crippen LogP contribution in [0.5, 0.6) is 0 Å². The van der Waals surface area contributed by atoms with E-state index in [0.717, 1.165) is 0 Å². The maximum absolute atomic E-state index is 9.51. The second-order valence-corrected chi connectivity index (χ2v) is 10.6. The van der Waals surface area contributed by atoms with Gasteiger partial charge in [0.15, 0.2) is 0 Å². The van der Waals surface area contributed by atoms with Crippen LogP contribution in [0, 0.1) is 0 Å². The molecule has 0 unspecified atom stereocenters. The summed E-state index contributed by atoms with van der Waals surface area (Å²) in [6.07, 6.45) is 0. The van der Waals surface area contributed by atoms with Gasteiger partial charge in [-0.3, -0.25) is 0 Å². The van der Waals surface area contributed by atoms with Gasteiger partial charge in [0.05, 0.1) is 26.0 Å². The van der Waals surface area contributed by atoms with Crippen LogP contribution in [0.4, 0.5) is 0 Å². The molecule has 10 aromatic rings. The first kappa shape index (κ1) is 12.6. The molecule has 0 spiro atoms. The fourth-order valence-corrected chi connectivity index (χ4v) is 6.23. The van der Waals surface area contributed by atoms with E-state index in [1.165, 1.54) is 0 Å². The van der Waals surface area contributed by atoms with Gasteiger partial charge in [-0.15, -0.1) is 0 Å². The summed E-state index contributed by atoms with van der Waals surface area (Å²) in [6.45, 7) is 0. The topological polar surface area (TPSA) is 13.1 Å². The highest BCUT2D eigenvalue weighted by Crippen LogP contribution is 2.46. The van der Waals surface area contributed by atoms with Crippen LogP contribution in [0.25, 0.3) is 98.1 Å². The molecule has 10 rings (SSSR count). The van der Waals surface area contributed by atoms with Crippen LogP contribution in [0.1, 0.15) is 26.0 Å². The molecule has 0 saturated carbocycles. The van der Waals surface area contributed by atoms with Crippen LogP contribution in [-0.2, 0) is 0 Å². The fourth-order valence-electron chi connectivity index (χ4n) is 6.23. The zero-order chi connectivity index (χ0) is 46.0. The second-order valence-electron chi connectivity index (χ2n) is 10.6. The Balaban J connectivity index is 1.53. The normalized spacial score (nSPS) is 17.9. The molecule has 0 aliphatic heterocycles. The maximum atomic E-state index is 9.51. The van der Waals surface area contributed by atoms with Crippen LogP contribution >= 0.6 is 0 Å². The summed E-state index contributed by atoms with van der Waals surface area (Å²) in [4.78, 5) is 0. The van der Waals surface area contributed by atoms with Crippen LogP contribution in [0.2, 0.25) is 0 Å². The Hall–Kier alpha value is -5.92. The third-order valence-electron chi connectivity index (χ3n) is 8.17. The van der Waals surface area contributed by atoms with Crippen LogP contribution in [0.3, 0.4) is 0 Å². The Morgan fingerprint density at radius 3 is 1.82 bits per heavy atom. The van der Waals surface area contributed by atoms with E-state index in [2.05, 4.69) is 0 Å². The average Bonchev–Trinajstić information content (AvgIpc) is 3.66. The van der Waals surface area contributed by atoms with E-state index in [9.17, 15) is 15.1 Å². The molecule has 0 atom stereocenters. The summed E-state index contributed by atoms with van der Waals surface area (Å²) in [5.74, 6) is 0. The van der Waals surface area contributed by atoms with Crippen molar-refractivity contribution in [3.63, 3.8) is 0 Å². The fraction of sp³-hybridized carbons (Fsp3) is 0. The molecule has 1 aromatic heterocycles. The number of para-hydroxylation sites is 1. The molecule has 208 valence electrons. The molecule has 1 nitrogen and oxygen atoms in total. The van der Waals surface area contributed by atoms with Gasteiger partial charge >= 0.3 is 0 Å². The molecule has 0 saturated heterocycles. The molecule has 0 fully saturated rings. The van der Waals surface area contributed by atoms with E-state index in [1.807, 2.05) is 6.07 Å². The first-order chi connectivity index (χ1) is 30.2. The molecule has 0 bridgehead atoms. The minimum Gasteiger partial charge on any atom is -0.456 e. The average molecular weight is 590 g/mol. The largest absolute Gasteiger partial charge is 0.456 e. The van der Waals surface area contributed by atoms with Gasteiger partial charge in [-0.1, -0.05) is 127 Å². The SMILES string of the molecule is [2H]c1c([2H])c([2H])c2c(-c3c([2H])c([2H])c([2H])c4c3c([2H])c([2H])c3c([2H])c5c([2H])c([2H])c([2H])c([2H])c5c([2H])c34)c3c([2H])c([2H])c([2H])c([2H])c3c(-c3ccc4oc5ccccc5c4c3)c2c1[2H]. The number of hydrogen-bond acceptors (Lipinski definition) is 1. The molecule has 1 heterocycles. The van der Waals surface area contributed by atoms with Gasteiger partial charge in [0.1, 0.15) is 11.2 Å². The maximum Gasteiger partial charge on any atom is 0.135 e. The zero-order valence-corrected chi connectivity index (χ0v) is 22.9. The molecule has 45 heavy (non-hydrogen) atoms. The minimum absolute atomic E-state index is 0.0374. The molecule has 0 aliphatic rings. The quantitative estimate of drug-likeness (QED) is 0.144. The van der Waals surface area contributed by atoms with Gasteiger partial charge in [-0.2, -0.15) is 0 Å². The molecule has 0 amide bonds. The highest BCUT2D eigenvalue weighted by molar-refractivity contribution is 6.25. The van der Waals surface area contributed by atoms with Gasteiger partial charge in [-0.25, -0.2) is 0 Å². The molecular weight excluding hydrogens is 544 g/mol. The Kier molecular flexibility index (Phi) is 2.60. The smallest absolute Gasteiger partial charge is 0.135 e. The summed E-state index contributed by atoms with van der Waals surface area (Å²) in [6, 6.07) is -1.87. The Bertz CT molecular complexity index is 3810. The monoisotopic (exact) mass is 589 g/mol. The highest BCUT2D eigenvalue weighted by Gasteiger charge is 2.19. The predicted octanol–water partition coefficient (Wildman–Crippen LogP) is 12.7. The van der Waals surface area contributed by atoms with Crippen molar-refractivity contribution in [1.29, 1.82) is 0 Å². The molecule has 9 aromatic carbocycles. The van der Waals surface area contributed by atoms with E-state index >= 15 is 0 Å². The summed E-state index contributed by atoms with van der Waals surface area (Å²) in [7, 11) is 0. The van der Waals surface area contributed by atoms with Crippen molar-refractivity contribution in [2.24, 2.45) is 0 Å². The lowest BCUT2D eigenvalue weighted by atomic mass is 9.84. The van der Waals surface area contributed by atoms with Gasteiger partial charge < -0.3 is 4.42 Å². The first-order valence-electron chi connectivity index (χ1n) is 23.5. The van der Waals surface area contributed by atoms with Crippen LogP contribution in [0.15, 0.2) is 162 Å². The molecule has 0 N–H and O–H groups in total. The first-order valence-corrected chi connectivity index (χ1v) is 14.0. The van der Waals surface area contributed by atoms with Crippen molar-refractivity contribution in [2.45, 2.75) is 0 Å². The highest BCUT2D eigenvalue weighted by atomic mass is 16.3. The summed E-state index contributed by atoms with van der Waals surface area (Å²) < 4.78 is 179. The molecular formula is C44H26O. The lowest BCUT2D eigenvalue weighted by Gasteiger charge is -2.19. The van der Waals surface area contributed by atoms with Crippen LogP contribution in [-0.4, -0.2) is 0 Å². The van der Waals surface area contributed by atoms with Crippen molar-refractivity contribution >= 4 is 75.8 Å². The third kappa shape index (κ3) is 3.56. The summed E-state index contributed by atoms with van der Waals surface area (Å²) in [5, 5.41) is -2.75. The Morgan fingerprint density at radius 1 is 0.400 bits per heavy atom. The second kappa shape index (κ2) is 9.29. The lowest BCUT2D eigenvalue weighted by Crippen LogP contribution is -1.92. The number of rotatable bonds is 2. The number of hydrogen-bond donors (Lipinski definition) is 0. The van der Waals surface area contributed by atoms with Crippen molar-refractivity contribution in [2.75, 3.05) is 0 Å². The van der Waals surface area contributed by atoms with E-state index in [0.29, 0.717) is 21.9 Å². The Morgan fingerprint density at radius 2 is 1.04 bits per heavy atom. The number of furan rings is 1. The van der Waals surface area contributed by atoms with Crippen molar-refractivity contribution in [3.8, 4) is 22.3 Å². The molecule has 0 aliphatic carbocycles. The Labute approximate surface area is 286 Å². The lowest BCUT2D eigenvalue weighted by molar-refractivity contribution is 0.669. The van der Waals surface area contributed by atoms with Gasteiger partial charge in [0.25, 0.3) is 0 Å². The minimum atomic E-state index is -0.855. The van der Waals surface area contributed by atoms with E-state index in [1.54, 1.807) is 36.4 Å². The van der Waals surface area contributed by atoms with Crippen LogP contribution < -0.4 is 0 Å². The zero-order valence-electron chi connectivity index (χ0n) is 41.9. The number of fused-ring (bicyclic) bond motifs is 9. The standard InChI is InChI=1S/C44H26O/c1-2-11-28-25-39-29(24-27(28)10-1)20-22-32-31(39)17-9-18-34(32)44-37-15-5-3-13-35(37)43(36-14-4-6-16-38(36)44)30-21-23-42-40(26-30)33-12-7-8-19-41(33)45-42/h1-26H/i1D,2D,3D,4D,5D,6D,9D,10D,11D,13D,14D,15D,16D,17D,18D,20D,22D,24D,25D. The van der Waals surface area contributed by atoms with E-state index in [4.69, 9.17) is 15.4 Å². The number of benzene rings is 9. The van der Waals surface area contributed by atoms with Gasteiger partial charge in [0, 0.05) is 10.8 Å². The molecule has 0 radical (unpaired) electrons. The van der Waals surface area contributed by atoms with Crippen molar-refractivity contribution in [3.05, 3.63) is 157 Å². The van der Waals surface area contributed by atoms with Crippen molar-refractivity contribution in [1.82, 2.24) is 0 Å². The van der Waals surface area contributed by atoms with Crippen molar-refractivity contribution < 1.29 is 30.5 Å². The van der Waals surface area contributed by atoms with E-state index in [-0.39, 0.29) is 32.7 Å². The van der Waals surface area contributed by atoms with Gasteiger partial charge in [-0.05, 0) is 106 Å².